The summed E-state index contributed by atoms with van der Waals surface area (Å²) >= 11 is 9.22. The number of nitrogens with one attached hydrogen (secondary N) is 1. The molecule has 1 saturated heterocycles. The predicted octanol–water partition coefficient (Wildman–Crippen LogP) is 5.32. The molecule has 148 valence electrons. The monoisotopic (exact) mass is 442 g/mol. The average Bonchev–Trinajstić information content (AvgIpc) is 3.35. The molecule has 1 unspecified atom stereocenters. The first-order chi connectivity index (χ1) is 14.2. The molecular weight excluding hydrogens is 424 g/mol. The molecule has 29 heavy (non-hydrogen) atoms. The number of thiazole rings is 1. The van der Waals surface area contributed by atoms with Crippen LogP contribution >= 0.6 is 34.7 Å². The van der Waals surface area contributed by atoms with Gasteiger partial charge in [-0.3, -0.25) is 4.79 Å². The predicted molar refractivity (Wildman–Crippen MR) is 120 cm³/mol. The molecule has 0 spiro atoms. The number of aromatic nitrogens is 3. The zero-order valence-corrected chi connectivity index (χ0v) is 18.0. The lowest BCUT2D eigenvalue weighted by Gasteiger charge is -2.31. The van der Waals surface area contributed by atoms with Crippen molar-refractivity contribution in [2.75, 3.05) is 18.8 Å². The van der Waals surface area contributed by atoms with Crippen molar-refractivity contribution in [3.63, 3.8) is 0 Å². The van der Waals surface area contributed by atoms with Crippen molar-refractivity contribution in [1.29, 1.82) is 0 Å². The number of nitrogens with zero attached hydrogens (tertiary/aromatic N) is 3. The molecule has 1 amide bonds. The van der Waals surface area contributed by atoms with Crippen LogP contribution in [0.2, 0.25) is 5.02 Å². The molecule has 2 aromatic carbocycles. The Labute approximate surface area is 181 Å². The molecule has 1 atom stereocenters. The van der Waals surface area contributed by atoms with Crippen LogP contribution in [0.4, 0.5) is 0 Å². The molecule has 0 aliphatic carbocycles. The van der Waals surface area contributed by atoms with Gasteiger partial charge in [0.1, 0.15) is 0 Å². The van der Waals surface area contributed by atoms with Crippen LogP contribution in [-0.4, -0.2) is 44.6 Å². The number of piperidine rings is 1. The van der Waals surface area contributed by atoms with E-state index in [9.17, 15) is 4.79 Å². The fourth-order valence-electron chi connectivity index (χ4n) is 3.72. The first kappa shape index (κ1) is 18.9. The molecule has 1 N–H and O–H groups in total. The summed E-state index contributed by atoms with van der Waals surface area (Å²) in [5.41, 5.74) is 2.80. The molecule has 3 heterocycles. The number of carbonyl (C=O) groups is 1. The highest BCUT2D eigenvalue weighted by atomic mass is 35.5. The van der Waals surface area contributed by atoms with Crippen LogP contribution in [0.1, 0.15) is 23.8 Å². The van der Waals surface area contributed by atoms with Crippen LogP contribution in [0.15, 0.2) is 47.6 Å². The molecule has 5 rings (SSSR count). The van der Waals surface area contributed by atoms with Gasteiger partial charge in [0.2, 0.25) is 5.91 Å². The lowest BCUT2D eigenvalue weighted by molar-refractivity contribution is -0.129. The minimum absolute atomic E-state index is 0.152. The number of H-pyrrole nitrogens is 1. The molecule has 1 aliphatic rings. The van der Waals surface area contributed by atoms with E-state index in [0.717, 1.165) is 52.6 Å². The van der Waals surface area contributed by atoms with E-state index in [0.29, 0.717) is 16.7 Å². The van der Waals surface area contributed by atoms with Crippen LogP contribution in [0, 0.1) is 0 Å². The Morgan fingerprint density at radius 2 is 2.14 bits per heavy atom. The minimum Gasteiger partial charge on any atom is -0.341 e. The average molecular weight is 443 g/mol. The molecule has 0 saturated carbocycles. The van der Waals surface area contributed by atoms with Gasteiger partial charge in [0.15, 0.2) is 5.16 Å². The Morgan fingerprint density at radius 1 is 1.24 bits per heavy atom. The lowest BCUT2D eigenvalue weighted by Crippen LogP contribution is -2.40. The summed E-state index contributed by atoms with van der Waals surface area (Å²) in [5.74, 6) is 0.850. The molecule has 1 aliphatic heterocycles. The van der Waals surface area contributed by atoms with E-state index in [1.54, 1.807) is 11.3 Å². The third-order valence-corrected chi connectivity index (χ3v) is 7.48. The van der Waals surface area contributed by atoms with Gasteiger partial charge in [-0.1, -0.05) is 35.5 Å². The summed E-state index contributed by atoms with van der Waals surface area (Å²) < 4.78 is 1.21. The highest BCUT2D eigenvalue weighted by Gasteiger charge is 2.27. The van der Waals surface area contributed by atoms with Gasteiger partial charge in [0, 0.05) is 24.0 Å². The van der Waals surface area contributed by atoms with E-state index in [2.05, 4.69) is 22.1 Å². The third-order valence-electron chi connectivity index (χ3n) is 5.19. The van der Waals surface area contributed by atoms with Crippen molar-refractivity contribution in [2.45, 2.75) is 23.9 Å². The van der Waals surface area contributed by atoms with Crippen molar-refractivity contribution in [3.8, 4) is 0 Å². The third kappa shape index (κ3) is 3.99. The second-order valence-electron chi connectivity index (χ2n) is 7.19. The van der Waals surface area contributed by atoms with Gasteiger partial charge >= 0.3 is 0 Å². The molecule has 0 radical (unpaired) electrons. The molecule has 1 fully saturated rings. The SMILES string of the molecule is O=C(CSc1nc2ccc(Cl)cc2[nH]1)N1CCCC(c2nc3ccccc3s2)C1. The lowest BCUT2D eigenvalue weighted by atomic mass is 9.99. The summed E-state index contributed by atoms with van der Waals surface area (Å²) in [7, 11) is 0. The van der Waals surface area contributed by atoms with E-state index >= 15 is 0 Å². The molecule has 5 nitrogen and oxygen atoms in total. The van der Waals surface area contributed by atoms with Crippen LogP contribution in [0.3, 0.4) is 0 Å². The minimum atomic E-state index is 0.152. The maximum absolute atomic E-state index is 12.8. The van der Waals surface area contributed by atoms with E-state index in [1.165, 1.54) is 16.5 Å². The molecule has 0 bridgehead atoms. The highest BCUT2D eigenvalue weighted by molar-refractivity contribution is 7.99. The Bertz CT molecular complexity index is 1150. The van der Waals surface area contributed by atoms with Gasteiger partial charge in [-0.25, -0.2) is 9.97 Å². The fraction of sp³-hybridized carbons (Fsp3) is 0.286. The van der Waals surface area contributed by atoms with E-state index < -0.39 is 0 Å². The van der Waals surface area contributed by atoms with Crippen LogP contribution in [0.25, 0.3) is 21.3 Å². The Morgan fingerprint density at radius 3 is 3.03 bits per heavy atom. The zero-order valence-electron chi connectivity index (χ0n) is 15.6. The Balaban J connectivity index is 1.24. The number of carbonyl (C=O) groups excluding carboxylic acids is 1. The van der Waals surface area contributed by atoms with Crippen LogP contribution in [0.5, 0.6) is 0 Å². The number of benzene rings is 2. The second kappa shape index (κ2) is 7.97. The van der Waals surface area contributed by atoms with Crippen LogP contribution < -0.4 is 0 Å². The van der Waals surface area contributed by atoms with Crippen molar-refractivity contribution in [2.24, 2.45) is 0 Å². The number of hydrogen-bond donors (Lipinski definition) is 1. The second-order valence-corrected chi connectivity index (χ2v) is 9.65. The smallest absolute Gasteiger partial charge is 0.233 e. The summed E-state index contributed by atoms with van der Waals surface area (Å²) in [6, 6.07) is 13.8. The van der Waals surface area contributed by atoms with Crippen molar-refractivity contribution >= 4 is 61.9 Å². The summed E-state index contributed by atoms with van der Waals surface area (Å²) in [4.78, 5) is 27.4. The number of likely N-dealkylation sites (tertiary alicyclic amines) is 1. The van der Waals surface area contributed by atoms with Crippen molar-refractivity contribution < 1.29 is 4.79 Å². The largest absolute Gasteiger partial charge is 0.341 e. The number of amides is 1. The number of para-hydroxylation sites is 1. The quantitative estimate of drug-likeness (QED) is 0.434. The van der Waals surface area contributed by atoms with Gasteiger partial charge < -0.3 is 9.88 Å². The zero-order chi connectivity index (χ0) is 19.8. The number of aromatic amines is 1. The number of rotatable bonds is 4. The number of hydrogen-bond acceptors (Lipinski definition) is 5. The topological polar surface area (TPSA) is 61.9 Å². The fourth-order valence-corrected chi connectivity index (χ4v) is 5.77. The van der Waals surface area contributed by atoms with Gasteiger partial charge in [-0.15, -0.1) is 11.3 Å². The normalized spacial score (nSPS) is 17.3. The van der Waals surface area contributed by atoms with Gasteiger partial charge in [-0.2, -0.15) is 0 Å². The van der Waals surface area contributed by atoms with E-state index in [1.807, 2.05) is 35.2 Å². The Kier molecular flexibility index (Phi) is 5.20. The summed E-state index contributed by atoms with van der Waals surface area (Å²) in [6.45, 7) is 1.56. The van der Waals surface area contributed by atoms with Crippen molar-refractivity contribution in [1.82, 2.24) is 19.9 Å². The number of imidazole rings is 1. The first-order valence-electron chi connectivity index (χ1n) is 9.57. The number of fused-ring (bicyclic) bond motifs is 2. The standard InChI is InChI=1S/C21H19ClN4OS2/c22-14-7-8-15-17(10-14)25-21(24-15)28-12-19(27)26-9-3-4-13(11-26)20-23-16-5-1-2-6-18(16)29-20/h1-2,5-8,10,13H,3-4,9,11-12H2,(H,24,25). The number of thioether (sulfide) groups is 1. The van der Waals surface area contributed by atoms with Gasteiger partial charge in [-0.05, 0) is 43.2 Å². The molecule has 2 aromatic heterocycles. The summed E-state index contributed by atoms with van der Waals surface area (Å²) in [5, 5.41) is 2.56. The van der Waals surface area contributed by atoms with Gasteiger partial charge in [0.05, 0.1) is 32.0 Å². The maximum Gasteiger partial charge on any atom is 0.233 e. The maximum atomic E-state index is 12.8. The van der Waals surface area contributed by atoms with Crippen molar-refractivity contribution in [3.05, 3.63) is 52.5 Å². The first-order valence-corrected chi connectivity index (χ1v) is 11.7. The van der Waals surface area contributed by atoms with E-state index in [4.69, 9.17) is 16.6 Å². The molecule has 4 aromatic rings. The van der Waals surface area contributed by atoms with E-state index in [-0.39, 0.29) is 5.91 Å². The Hall–Kier alpha value is -2.09. The summed E-state index contributed by atoms with van der Waals surface area (Å²) in [6.07, 6.45) is 2.10. The van der Waals surface area contributed by atoms with Crippen LogP contribution in [-0.2, 0) is 4.79 Å². The number of halogens is 1. The highest BCUT2D eigenvalue weighted by Crippen LogP contribution is 2.33. The molecule has 8 heteroatoms. The molecular formula is C21H19ClN4OS2. The van der Waals surface area contributed by atoms with Gasteiger partial charge in [0.25, 0.3) is 0 Å².